The van der Waals surface area contributed by atoms with Crippen molar-refractivity contribution in [3.63, 3.8) is 0 Å². The van der Waals surface area contributed by atoms with Crippen LogP contribution in [0.2, 0.25) is 0 Å². The first kappa shape index (κ1) is 19.9. The molecule has 4 rings (SSSR count). The average molecular weight is 396 g/mol. The number of hydrogen-bond acceptors (Lipinski definition) is 1. The Morgan fingerprint density at radius 3 is 1.80 bits per heavy atom. The summed E-state index contributed by atoms with van der Waals surface area (Å²) in [4.78, 5) is 0. The standard InChI is InChI=1S/C28H27O2/c1-2-3-12-19-29-26-18-11-10-17-25(26)24-20-27(22-13-6-4-7-14-22)30-28(21-24)23-15-8-5-9-16-23/h4-11,13-18,20-21H,2-3,12,19H2,1H3/q+1. The monoisotopic (exact) mass is 395 g/mol. The third-order valence-corrected chi connectivity index (χ3v) is 5.11. The van der Waals surface area contributed by atoms with Crippen molar-refractivity contribution in [2.24, 2.45) is 0 Å². The van der Waals surface area contributed by atoms with E-state index in [1.165, 1.54) is 12.8 Å². The summed E-state index contributed by atoms with van der Waals surface area (Å²) in [5.41, 5.74) is 4.28. The van der Waals surface area contributed by atoms with Crippen LogP contribution in [-0.4, -0.2) is 6.61 Å². The lowest BCUT2D eigenvalue weighted by atomic mass is 10.0. The van der Waals surface area contributed by atoms with E-state index in [1.54, 1.807) is 0 Å². The van der Waals surface area contributed by atoms with Gasteiger partial charge in [0.1, 0.15) is 5.75 Å². The highest BCUT2D eigenvalue weighted by molar-refractivity contribution is 5.77. The summed E-state index contributed by atoms with van der Waals surface area (Å²) in [5.74, 6) is 2.60. The Balaban J connectivity index is 1.78. The molecule has 2 nitrogen and oxygen atoms in total. The number of unbranched alkanes of at least 4 members (excludes halogenated alkanes) is 2. The molecule has 0 amide bonds. The Bertz CT molecular complexity index is 1010. The van der Waals surface area contributed by atoms with E-state index in [9.17, 15) is 0 Å². The minimum atomic E-state index is 0.735. The molecule has 30 heavy (non-hydrogen) atoms. The van der Waals surface area contributed by atoms with Crippen molar-refractivity contribution in [1.29, 1.82) is 0 Å². The third kappa shape index (κ3) is 4.77. The van der Waals surface area contributed by atoms with Crippen LogP contribution in [0.25, 0.3) is 33.8 Å². The maximum atomic E-state index is 6.32. The van der Waals surface area contributed by atoms with Crippen LogP contribution in [0, 0.1) is 0 Å². The maximum Gasteiger partial charge on any atom is 0.361 e. The van der Waals surface area contributed by atoms with Gasteiger partial charge >= 0.3 is 11.5 Å². The maximum absolute atomic E-state index is 6.32. The van der Waals surface area contributed by atoms with Crippen molar-refractivity contribution in [2.45, 2.75) is 26.2 Å². The second kappa shape index (κ2) is 9.89. The summed E-state index contributed by atoms with van der Waals surface area (Å²) in [6.45, 7) is 2.94. The van der Waals surface area contributed by atoms with Crippen molar-refractivity contribution in [2.75, 3.05) is 6.61 Å². The molecule has 1 aromatic heterocycles. The largest absolute Gasteiger partial charge is 0.493 e. The molecule has 0 aliphatic rings. The zero-order valence-electron chi connectivity index (χ0n) is 17.4. The lowest BCUT2D eigenvalue weighted by Crippen LogP contribution is -1.98. The molecule has 0 fully saturated rings. The van der Waals surface area contributed by atoms with E-state index >= 15 is 0 Å². The molecule has 0 unspecified atom stereocenters. The van der Waals surface area contributed by atoms with E-state index in [0.29, 0.717) is 0 Å². The molecule has 3 aromatic carbocycles. The first-order chi connectivity index (χ1) is 14.8. The Morgan fingerprint density at radius 2 is 1.20 bits per heavy atom. The molecule has 150 valence electrons. The number of benzene rings is 3. The smallest absolute Gasteiger partial charge is 0.361 e. The lowest BCUT2D eigenvalue weighted by molar-refractivity contribution is 0.307. The molecule has 0 aliphatic carbocycles. The third-order valence-electron chi connectivity index (χ3n) is 5.11. The van der Waals surface area contributed by atoms with E-state index in [2.05, 4.69) is 61.5 Å². The number of hydrogen-bond donors (Lipinski definition) is 0. The van der Waals surface area contributed by atoms with Gasteiger partial charge < -0.3 is 4.74 Å². The highest BCUT2D eigenvalue weighted by atomic mass is 16.5. The molecular formula is C28H27O2+. The molecule has 0 bridgehead atoms. The summed E-state index contributed by atoms with van der Waals surface area (Å²) in [5, 5.41) is 0. The average Bonchev–Trinajstić information content (AvgIpc) is 2.83. The van der Waals surface area contributed by atoms with Crippen molar-refractivity contribution in [3.05, 3.63) is 97.1 Å². The van der Waals surface area contributed by atoms with Gasteiger partial charge in [0.15, 0.2) is 0 Å². The lowest BCUT2D eigenvalue weighted by Gasteiger charge is -2.11. The fourth-order valence-corrected chi connectivity index (χ4v) is 3.51. The van der Waals surface area contributed by atoms with Crippen LogP contribution in [0.5, 0.6) is 5.75 Å². The molecule has 0 radical (unpaired) electrons. The first-order valence-corrected chi connectivity index (χ1v) is 10.7. The van der Waals surface area contributed by atoms with Crippen LogP contribution in [0.15, 0.2) is 101 Å². The van der Waals surface area contributed by atoms with E-state index in [4.69, 9.17) is 9.15 Å². The Hall–Kier alpha value is -3.39. The van der Waals surface area contributed by atoms with Gasteiger partial charge in [-0.2, -0.15) is 0 Å². The summed E-state index contributed by atoms with van der Waals surface area (Å²) in [6.07, 6.45) is 3.44. The molecule has 0 saturated carbocycles. The first-order valence-electron chi connectivity index (χ1n) is 10.7. The van der Waals surface area contributed by atoms with Crippen LogP contribution >= 0.6 is 0 Å². The number of ether oxygens (including phenoxy) is 1. The summed E-state index contributed by atoms with van der Waals surface area (Å²) in [7, 11) is 0. The van der Waals surface area contributed by atoms with Gasteiger partial charge in [-0.25, -0.2) is 4.42 Å². The van der Waals surface area contributed by atoms with Gasteiger partial charge in [-0.15, -0.1) is 0 Å². The van der Waals surface area contributed by atoms with Crippen molar-refractivity contribution >= 4 is 0 Å². The fourth-order valence-electron chi connectivity index (χ4n) is 3.51. The van der Waals surface area contributed by atoms with Crippen LogP contribution in [0.4, 0.5) is 0 Å². The molecule has 0 spiro atoms. The Labute approximate surface area is 178 Å². The predicted molar refractivity (Wildman–Crippen MR) is 124 cm³/mol. The number of rotatable bonds is 8. The second-order valence-corrected chi connectivity index (χ2v) is 7.36. The topological polar surface area (TPSA) is 20.5 Å². The van der Waals surface area contributed by atoms with E-state index in [0.717, 1.165) is 52.6 Å². The van der Waals surface area contributed by atoms with Gasteiger partial charge in [0.05, 0.1) is 29.9 Å². The van der Waals surface area contributed by atoms with Gasteiger partial charge in [-0.05, 0) is 36.8 Å². The molecule has 2 heteroatoms. The van der Waals surface area contributed by atoms with E-state index < -0.39 is 0 Å². The molecule has 0 N–H and O–H groups in total. The van der Waals surface area contributed by atoms with Gasteiger partial charge in [0.25, 0.3) is 0 Å². The molecule has 0 atom stereocenters. The molecular weight excluding hydrogens is 368 g/mol. The van der Waals surface area contributed by atoms with Gasteiger partial charge in [0.2, 0.25) is 0 Å². The van der Waals surface area contributed by atoms with E-state index in [-0.39, 0.29) is 0 Å². The SMILES string of the molecule is CCCCCOc1ccccc1-c1cc(-c2ccccc2)[o+]c(-c2ccccc2)c1. The minimum Gasteiger partial charge on any atom is -0.493 e. The van der Waals surface area contributed by atoms with E-state index in [1.807, 2.05) is 42.5 Å². The van der Waals surface area contributed by atoms with Crippen molar-refractivity contribution in [3.8, 4) is 39.5 Å². The molecule has 0 aliphatic heterocycles. The van der Waals surface area contributed by atoms with Crippen LogP contribution in [-0.2, 0) is 0 Å². The number of para-hydroxylation sites is 1. The molecule has 4 aromatic rings. The Morgan fingerprint density at radius 1 is 0.633 bits per heavy atom. The van der Waals surface area contributed by atoms with Crippen LogP contribution in [0.3, 0.4) is 0 Å². The van der Waals surface area contributed by atoms with Gasteiger partial charge in [-0.3, -0.25) is 0 Å². The summed E-state index contributed by atoms with van der Waals surface area (Å²) in [6, 6.07) is 32.9. The second-order valence-electron chi connectivity index (χ2n) is 7.36. The van der Waals surface area contributed by atoms with Gasteiger partial charge in [-0.1, -0.05) is 74.4 Å². The van der Waals surface area contributed by atoms with Crippen molar-refractivity contribution in [1.82, 2.24) is 0 Å². The molecule has 0 saturated heterocycles. The highest BCUT2D eigenvalue weighted by Crippen LogP contribution is 2.36. The Kier molecular flexibility index (Phi) is 6.56. The predicted octanol–water partition coefficient (Wildman–Crippen LogP) is 8.13. The zero-order chi connectivity index (χ0) is 20.6. The van der Waals surface area contributed by atoms with Crippen molar-refractivity contribution < 1.29 is 9.15 Å². The van der Waals surface area contributed by atoms with Crippen LogP contribution in [0.1, 0.15) is 26.2 Å². The zero-order valence-corrected chi connectivity index (χ0v) is 17.4. The highest BCUT2D eigenvalue weighted by Gasteiger charge is 2.21. The van der Waals surface area contributed by atoms with Crippen LogP contribution < -0.4 is 4.74 Å². The fraction of sp³-hybridized carbons (Fsp3) is 0.179. The molecule has 1 heterocycles. The summed E-state index contributed by atoms with van der Waals surface area (Å²) < 4.78 is 12.5. The summed E-state index contributed by atoms with van der Waals surface area (Å²) >= 11 is 0. The van der Waals surface area contributed by atoms with Gasteiger partial charge in [0, 0.05) is 11.1 Å². The normalized spacial score (nSPS) is 10.7. The minimum absolute atomic E-state index is 0.735. The quantitative estimate of drug-likeness (QED) is 0.222.